The first-order chi connectivity index (χ1) is 11.6. The number of hydrazine groups is 1. The van der Waals surface area contributed by atoms with E-state index in [1.807, 2.05) is 6.07 Å². The van der Waals surface area contributed by atoms with E-state index in [-0.39, 0.29) is 6.10 Å². The van der Waals surface area contributed by atoms with Gasteiger partial charge in [0, 0.05) is 36.0 Å². The summed E-state index contributed by atoms with van der Waals surface area (Å²) in [6.07, 6.45) is 5.28. The molecule has 1 saturated heterocycles. The van der Waals surface area contributed by atoms with Crippen molar-refractivity contribution in [2.24, 2.45) is 0 Å². The lowest BCUT2D eigenvalue weighted by Gasteiger charge is -2.12. The molecule has 0 aromatic carbocycles. The minimum atomic E-state index is -0.477. The van der Waals surface area contributed by atoms with Crippen LogP contribution in [-0.2, 0) is 4.74 Å². The standard InChI is InChI=1S/C15H17ClN4O3S/c16-13-4-3-12(24-13)10-7-17-8-11(10)14(21)19-20-15(22)18-6-9-2-1-5-23-9/h3-4,7-9,17H,1-2,5-6H2,(H,19,21)(H2,18,20,22). The van der Waals surface area contributed by atoms with Crippen molar-refractivity contribution >= 4 is 34.9 Å². The number of thiophene rings is 1. The molecule has 1 atom stereocenters. The Bertz CT molecular complexity index is 724. The number of rotatable bonds is 4. The van der Waals surface area contributed by atoms with Crippen molar-refractivity contribution in [3.63, 3.8) is 0 Å². The molecule has 0 radical (unpaired) electrons. The molecule has 0 bridgehead atoms. The van der Waals surface area contributed by atoms with Crippen molar-refractivity contribution in [3.05, 3.63) is 34.4 Å². The molecule has 24 heavy (non-hydrogen) atoms. The molecule has 4 N–H and O–H groups in total. The molecular formula is C15H17ClN4O3S. The molecule has 1 fully saturated rings. The molecule has 1 aliphatic rings. The van der Waals surface area contributed by atoms with E-state index in [2.05, 4.69) is 21.2 Å². The van der Waals surface area contributed by atoms with Gasteiger partial charge in [-0.1, -0.05) is 11.6 Å². The van der Waals surface area contributed by atoms with Crippen LogP contribution in [0.1, 0.15) is 23.2 Å². The Morgan fingerprint density at radius 1 is 1.33 bits per heavy atom. The minimum Gasteiger partial charge on any atom is -0.376 e. The van der Waals surface area contributed by atoms with E-state index in [9.17, 15) is 9.59 Å². The largest absolute Gasteiger partial charge is 0.376 e. The van der Waals surface area contributed by atoms with Crippen LogP contribution in [-0.4, -0.2) is 36.2 Å². The summed E-state index contributed by atoms with van der Waals surface area (Å²) in [7, 11) is 0. The summed E-state index contributed by atoms with van der Waals surface area (Å²) in [5, 5.41) is 2.66. The number of aromatic nitrogens is 1. The van der Waals surface area contributed by atoms with E-state index in [0.717, 1.165) is 29.9 Å². The average Bonchev–Trinajstić information content (AvgIpc) is 3.30. The molecule has 3 rings (SSSR count). The molecule has 0 saturated carbocycles. The molecule has 2 aromatic rings. The molecule has 3 heterocycles. The number of urea groups is 1. The second kappa shape index (κ2) is 7.69. The number of ether oxygens (including phenoxy) is 1. The number of carbonyl (C=O) groups is 2. The Kier molecular flexibility index (Phi) is 5.39. The fourth-order valence-corrected chi connectivity index (χ4v) is 3.52. The number of nitrogens with one attached hydrogen (secondary N) is 4. The normalized spacial score (nSPS) is 16.8. The van der Waals surface area contributed by atoms with Crippen LogP contribution in [0.5, 0.6) is 0 Å². The quantitative estimate of drug-likeness (QED) is 0.624. The molecule has 9 heteroatoms. The van der Waals surface area contributed by atoms with Gasteiger partial charge in [0.05, 0.1) is 16.0 Å². The Morgan fingerprint density at radius 2 is 2.21 bits per heavy atom. The van der Waals surface area contributed by atoms with Crippen LogP contribution >= 0.6 is 22.9 Å². The number of carbonyl (C=O) groups excluding carboxylic acids is 2. The molecular weight excluding hydrogens is 352 g/mol. The summed E-state index contributed by atoms with van der Waals surface area (Å²) < 4.78 is 6.05. The fourth-order valence-electron chi connectivity index (χ4n) is 2.45. The maximum Gasteiger partial charge on any atom is 0.333 e. The van der Waals surface area contributed by atoms with Crippen LogP contribution in [0, 0.1) is 0 Å². The van der Waals surface area contributed by atoms with Crippen molar-refractivity contribution in [2.75, 3.05) is 13.2 Å². The zero-order chi connectivity index (χ0) is 16.9. The van der Waals surface area contributed by atoms with Crippen molar-refractivity contribution in [2.45, 2.75) is 18.9 Å². The summed E-state index contributed by atoms with van der Waals surface area (Å²) in [6.45, 7) is 1.15. The zero-order valence-electron chi connectivity index (χ0n) is 12.7. The van der Waals surface area contributed by atoms with Crippen molar-refractivity contribution in [1.29, 1.82) is 0 Å². The van der Waals surface area contributed by atoms with Gasteiger partial charge < -0.3 is 15.0 Å². The third-order valence-electron chi connectivity index (χ3n) is 3.63. The predicted octanol–water partition coefficient (Wildman–Crippen LogP) is 2.52. The van der Waals surface area contributed by atoms with Gasteiger partial charge in [-0.3, -0.25) is 10.2 Å². The number of halogens is 1. The highest BCUT2D eigenvalue weighted by Crippen LogP contribution is 2.32. The summed E-state index contributed by atoms with van der Waals surface area (Å²) in [5.74, 6) is -0.414. The smallest absolute Gasteiger partial charge is 0.333 e. The van der Waals surface area contributed by atoms with E-state index < -0.39 is 11.9 Å². The van der Waals surface area contributed by atoms with Crippen LogP contribution in [0.4, 0.5) is 4.79 Å². The minimum absolute atomic E-state index is 0.0475. The Balaban J connectivity index is 1.52. The number of amides is 3. The van der Waals surface area contributed by atoms with Gasteiger partial charge in [-0.05, 0) is 25.0 Å². The summed E-state index contributed by atoms with van der Waals surface area (Å²) in [6, 6.07) is 3.14. The van der Waals surface area contributed by atoms with Gasteiger partial charge in [-0.15, -0.1) is 11.3 Å². The second-order valence-corrected chi connectivity index (χ2v) is 7.03. The third-order valence-corrected chi connectivity index (χ3v) is 4.90. The molecule has 1 unspecified atom stereocenters. The lowest BCUT2D eigenvalue weighted by atomic mass is 10.1. The maximum absolute atomic E-state index is 12.2. The number of H-pyrrole nitrogens is 1. The van der Waals surface area contributed by atoms with Crippen LogP contribution in [0.15, 0.2) is 24.5 Å². The third kappa shape index (κ3) is 4.08. The Morgan fingerprint density at radius 3 is 2.92 bits per heavy atom. The molecule has 3 amide bonds. The molecule has 0 aliphatic carbocycles. The topological polar surface area (TPSA) is 95.2 Å². The van der Waals surface area contributed by atoms with Crippen LogP contribution in [0.3, 0.4) is 0 Å². The summed E-state index contributed by atoms with van der Waals surface area (Å²) >= 11 is 7.31. The first-order valence-electron chi connectivity index (χ1n) is 7.52. The maximum atomic E-state index is 12.2. The van der Waals surface area contributed by atoms with Gasteiger partial charge in [-0.2, -0.15) is 0 Å². The molecule has 2 aromatic heterocycles. The second-order valence-electron chi connectivity index (χ2n) is 5.31. The van der Waals surface area contributed by atoms with Gasteiger partial charge in [0.1, 0.15) is 0 Å². The van der Waals surface area contributed by atoms with Crippen molar-refractivity contribution in [1.82, 2.24) is 21.2 Å². The lowest BCUT2D eigenvalue weighted by Crippen LogP contribution is -2.48. The summed E-state index contributed by atoms with van der Waals surface area (Å²) in [5.41, 5.74) is 5.88. The van der Waals surface area contributed by atoms with Crippen LogP contribution in [0.25, 0.3) is 10.4 Å². The average molecular weight is 369 g/mol. The predicted molar refractivity (Wildman–Crippen MR) is 92.1 cm³/mol. The number of hydrogen-bond acceptors (Lipinski definition) is 4. The Labute approximate surface area is 147 Å². The summed E-state index contributed by atoms with van der Waals surface area (Å²) in [4.78, 5) is 27.7. The SMILES string of the molecule is O=C(NCC1CCCO1)NNC(=O)c1c[nH]cc1-c1ccc(Cl)s1. The van der Waals surface area contributed by atoms with Gasteiger partial charge >= 0.3 is 6.03 Å². The molecule has 1 aliphatic heterocycles. The first-order valence-corrected chi connectivity index (χ1v) is 8.71. The number of hydrogen-bond donors (Lipinski definition) is 4. The monoisotopic (exact) mass is 368 g/mol. The van der Waals surface area contributed by atoms with E-state index in [1.54, 1.807) is 18.5 Å². The fraction of sp³-hybridized carbons (Fsp3) is 0.333. The van der Waals surface area contributed by atoms with Gasteiger partial charge in [0.15, 0.2) is 0 Å². The zero-order valence-corrected chi connectivity index (χ0v) is 14.3. The van der Waals surface area contributed by atoms with Gasteiger partial charge in [0.25, 0.3) is 5.91 Å². The highest BCUT2D eigenvalue weighted by Gasteiger charge is 2.18. The Hall–Kier alpha value is -2.03. The van der Waals surface area contributed by atoms with Crippen LogP contribution < -0.4 is 16.2 Å². The van der Waals surface area contributed by atoms with Crippen LogP contribution in [0.2, 0.25) is 4.34 Å². The van der Waals surface area contributed by atoms with E-state index in [1.165, 1.54) is 11.3 Å². The van der Waals surface area contributed by atoms with E-state index in [4.69, 9.17) is 16.3 Å². The lowest BCUT2D eigenvalue weighted by molar-refractivity contribution is 0.0934. The first kappa shape index (κ1) is 16.8. The highest BCUT2D eigenvalue weighted by atomic mass is 35.5. The van der Waals surface area contributed by atoms with E-state index >= 15 is 0 Å². The highest BCUT2D eigenvalue weighted by molar-refractivity contribution is 7.19. The van der Waals surface area contributed by atoms with Gasteiger partial charge in [0.2, 0.25) is 0 Å². The molecule has 128 valence electrons. The van der Waals surface area contributed by atoms with E-state index in [0.29, 0.717) is 16.4 Å². The molecule has 0 spiro atoms. The van der Waals surface area contributed by atoms with Crippen molar-refractivity contribution < 1.29 is 14.3 Å². The number of aromatic amines is 1. The molecule has 7 nitrogen and oxygen atoms in total. The van der Waals surface area contributed by atoms with Crippen molar-refractivity contribution in [3.8, 4) is 10.4 Å². The van der Waals surface area contributed by atoms with Gasteiger partial charge in [-0.25, -0.2) is 10.2 Å².